The molecule has 2 amide bonds. The number of benzene rings is 1. The van der Waals surface area contributed by atoms with Crippen LogP contribution in [-0.2, 0) is 10.0 Å². The summed E-state index contributed by atoms with van der Waals surface area (Å²) in [4.78, 5) is 37.5. The summed E-state index contributed by atoms with van der Waals surface area (Å²) in [6.07, 6.45) is 7.20. The predicted molar refractivity (Wildman–Crippen MR) is 162 cm³/mol. The zero-order valence-corrected chi connectivity index (χ0v) is 24.4. The van der Waals surface area contributed by atoms with E-state index in [0.717, 1.165) is 0 Å². The number of piperazine rings is 1. The Labute approximate surface area is 237 Å². The van der Waals surface area contributed by atoms with Gasteiger partial charge in [0.25, 0.3) is 21.8 Å². The van der Waals surface area contributed by atoms with Crippen LogP contribution in [-0.4, -0.2) is 74.5 Å². The average Bonchev–Trinajstić information content (AvgIpc) is 2.95. The second-order valence-electron chi connectivity index (χ2n) is 8.60. The summed E-state index contributed by atoms with van der Waals surface area (Å²) < 4.78 is 34.3. The Morgan fingerprint density at radius 3 is 2.23 bits per heavy atom. The Morgan fingerprint density at radius 1 is 1.07 bits per heavy atom. The highest BCUT2D eigenvalue weighted by Crippen LogP contribution is 2.28. The number of amides is 2. The van der Waals surface area contributed by atoms with Crippen LogP contribution in [0.4, 0.5) is 5.69 Å². The van der Waals surface area contributed by atoms with Gasteiger partial charge >= 0.3 is 0 Å². The van der Waals surface area contributed by atoms with Crippen LogP contribution in [0.3, 0.4) is 0 Å². The van der Waals surface area contributed by atoms with Crippen molar-refractivity contribution in [2.75, 3.05) is 38.0 Å². The van der Waals surface area contributed by atoms with E-state index in [0.29, 0.717) is 42.6 Å². The van der Waals surface area contributed by atoms with Crippen LogP contribution >= 0.6 is 9.24 Å². The molecule has 1 N–H and O–H groups in total. The molecule has 0 spiro atoms. The van der Waals surface area contributed by atoms with E-state index in [1.165, 1.54) is 43.7 Å². The van der Waals surface area contributed by atoms with Gasteiger partial charge in [0.15, 0.2) is 0 Å². The normalized spacial score (nSPS) is 14.4. The van der Waals surface area contributed by atoms with Crippen LogP contribution < -0.4 is 14.8 Å². The van der Waals surface area contributed by atoms with Crippen molar-refractivity contribution >= 4 is 48.3 Å². The van der Waals surface area contributed by atoms with E-state index in [9.17, 15) is 18.0 Å². The number of methoxy groups -OCH3 is 1. The van der Waals surface area contributed by atoms with Gasteiger partial charge in [-0.15, -0.1) is 9.24 Å². The summed E-state index contributed by atoms with van der Waals surface area (Å²) >= 11 is 0. The molecule has 0 bridgehead atoms. The van der Waals surface area contributed by atoms with Crippen LogP contribution in [0.1, 0.15) is 27.6 Å². The van der Waals surface area contributed by atoms with Crippen LogP contribution in [0.25, 0.3) is 0 Å². The summed E-state index contributed by atoms with van der Waals surface area (Å²) in [7, 11) is -0.221. The molecule has 1 unspecified atom stereocenters. The van der Waals surface area contributed by atoms with Crippen molar-refractivity contribution < 1.29 is 22.7 Å². The minimum atomic E-state index is -4.13. The molecule has 0 aliphatic carbocycles. The molecule has 3 rings (SSSR count). The number of pyridine rings is 1. The van der Waals surface area contributed by atoms with Crippen LogP contribution in [0.5, 0.6) is 5.75 Å². The number of aliphatic imine (C=N–C) groups is 1. The lowest BCUT2D eigenvalue weighted by Gasteiger charge is -2.35. The lowest BCUT2D eigenvalue weighted by Crippen LogP contribution is -2.51. The Kier molecular flexibility index (Phi) is 10.1. The molecule has 12 heteroatoms. The first-order chi connectivity index (χ1) is 19.1. The minimum Gasteiger partial charge on any atom is -0.496 e. The van der Waals surface area contributed by atoms with E-state index in [-0.39, 0.29) is 39.4 Å². The summed E-state index contributed by atoms with van der Waals surface area (Å²) in [5.41, 5.74) is 1.42. The highest BCUT2D eigenvalue weighted by Gasteiger charge is 2.28. The minimum absolute atomic E-state index is 0.106. The number of allylic oxidation sites excluding steroid dienone is 2. The quantitative estimate of drug-likeness (QED) is 0.261. The first kappa shape index (κ1) is 30.5. The number of rotatable bonds is 10. The molecule has 1 saturated heterocycles. The van der Waals surface area contributed by atoms with Gasteiger partial charge in [0, 0.05) is 61.7 Å². The van der Waals surface area contributed by atoms with Gasteiger partial charge < -0.3 is 14.5 Å². The molecule has 0 radical (unpaired) electrons. The molecule has 2 aromatic rings. The van der Waals surface area contributed by atoms with Gasteiger partial charge in [0.05, 0.1) is 24.1 Å². The molecule has 10 nitrogen and oxygen atoms in total. The molecule has 1 atom stereocenters. The molecule has 1 aromatic heterocycles. The van der Waals surface area contributed by atoms with Crippen molar-refractivity contribution in [3.05, 3.63) is 95.9 Å². The summed E-state index contributed by atoms with van der Waals surface area (Å²) in [5.74, 6) is -0.215. The zero-order chi connectivity index (χ0) is 29.4. The standard InChI is InChI=1S/C28H32N5O5PS/c1-6-19(4)26(30-8-3)25(7-2)40(36,37)31-20-9-10-21(23(17-20)38-5)27(34)32-13-15-33(16-14-32)28(35)22-11-12-29-18-24(22)39/h6-12,17-18,31H,1-2,4,13-16,39H2,3,5H3/b26-25-,30-8-. The van der Waals surface area contributed by atoms with E-state index in [2.05, 4.69) is 43.7 Å². The highest BCUT2D eigenvalue weighted by atomic mass is 32.2. The third-order valence-electron chi connectivity index (χ3n) is 6.14. The number of carbonyl (C=O) groups is 2. The number of anilines is 1. The number of nitrogens with zero attached hydrogens (tertiary/aromatic N) is 4. The third-order valence-corrected chi connectivity index (χ3v) is 8.04. The number of aromatic nitrogens is 1. The molecule has 1 aliphatic heterocycles. The monoisotopic (exact) mass is 581 g/mol. The number of sulfonamides is 1. The van der Waals surface area contributed by atoms with Crippen LogP contribution in [0, 0.1) is 0 Å². The smallest absolute Gasteiger partial charge is 0.264 e. The van der Waals surface area contributed by atoms with Crippen molar-refractivity contribution in [3.63, 3.8) is 0 Å². The Hall–Kier alpha value is -4.08. The second kappa shape index (κ2) is 13.3. The SMILES string of the molecule is C=CC(=C)C(/N=C\C)=C(\C=C)S(=O)(=O)Nc1ccc(C(=O)N2CCN(C(=O)c3ccncc3P)CC2)c(OC)c1. The first-order valence-corrected chi connectivity index (χ1v) is 14.3. The number of hydrogen-bond acceptors (Lipinski definition) is 7. The maximum Gasteiger partial charge on any atom is 0.264 e. The highest BCUT2D eigenvalue weighted by molar-refractivity contribution is 7.96. The fourth-order valence-corrected chi connectivity index (χ4v) is 5.57. The van der Waals surface area contributed by atoms with Gasteiger partial charge in [-0.25, -0.2) is 8.42 Å². The van der Waals surface area contributed by atoms with E-state index in [4.69, 9.17) is 4.74 Å². The Balaban J connectivity index is 1.78. The lowest BCUT2D eigenvalue weighted by atomic mass is 10.1. The molecule has 1 aliphatic rings. The summed E-state index contributed by atoms with van der Waals surface area (Å²) in [6.45, 7) is 14.1. The number of nitrogens with one attached hydrogen (secondary N) is 1. The topological polar surface area (TPSA) is 121 Å². The lowest BCUT2D eigenvalue weighted by molar-refractivity contribution is 0.0534. The van der Waals surface area contributed by atoms with Gasteiger partial charge in [-0.3, -0.25) is 24.3 Å². The Bertz CT molecular complexity index is 1510. The van der Waals surface area contributed by atoms with Crippen LogP contribution in [0.15, 0.2) is 89.7 Å². The zero-order valence-electron chi connectivity index (χ0n) is 22.5. The van der Waals surface area contributed by atoms with Crippen LogP contribution in [0.2, 0.25) is 0 Å². The molecule has 40 heavy (non-hydrogen) atoms. The van der Waals surface area contributed by atoms with Crippen molar-refractivity contribution in [1.82, 2.24) is 14.8 Å². The molecule has 210 valence electrons. The molecular weight excluding hydrogens is 549 g/mol. The fraction of sp³-hybridized carbons (Fsp3) is 0.214. The maximum atomic E-state index is 13.3. The number of hydrogen-bond donors (Lipinski definition) is 1. The van der Waals surface area contributed by atoms with Gasteiger partial charge in [-0.1, -0.05) is 25.8 Å². The number of ether oxygens (including phenoxy) is 1. The summed E-state index contributed by atoms with van der Waals surface area (Å²) in [6, 6.07) is 6.08. The van der Waals surface area contributed by atoms with Crippen molar-refractivity contribution in [2.24, 2.45) is 4.99 Å². The van der Waals surface area contributed by atoms with Gasteiger partial charge in [0.2, 0.25) is 0 Å². The number of carbonyl (C=O) groups excluding carboxylic acids is 2. The van der Waals surface area contributed by atoms with E-state index >= 15 is 0 Å². The van der Waals surface area contributed by atoms with Gasteiger partial charge in [-0.2, -0.15) is 0 Å². The predicted octanol–water partition coefficient (Wildman–Crippen LogP) is 3.16. The molecule has 2 heterocycles. The first-order valence-electron chi connectivity index (χ1n) is 12.2. The molecular formula is C28H32N5O5PS. The Morgan fingerprint density at radius 2 is 1.70 bits per heavy atom. The van der Waals surface area contributed by atoms with Crippen molar-refractivity contribution in [2.45, 2.75) is 6.92 Å². The second-order valence-corrected chi connectivity index (χ2v) is 10.9. The van der Waals surface area contributed by atoms with Crippen molar-refractivity contribution in [1.29, 1.82) is 0 Å². The molecule has 0 saturated carbocycles. The molecule has 1 fully saturated rings. The van der Waals surface area contributed by atoms with Gasteiger partial charge in [-0.05, 0) is 36.8 Å². The molecule has 1 aromatic carbocycles. The van der Waals surface area contributed by atoms with E-state index in [1.54, 1.807) is 35.2 Å². The third kappa shape index (κ3) is 6.73. The summed E-state index contributed by atoms with van der Waals surface area (Å²) in [5, 5.41) is 0.710. The average molecular weight is 582 g/mol. The van der Waals surface area contributed by atoms with E-state index < -0.39 is 10.0 Å². The maximum absolute atomic E-state index is 13.3. The fourth-order valence-electron chi connectivity index (χ4n) is 4.06. The van der Waals surface area contributed by atoms with Gasteiger partial charge in [0.1, 0.15) is 10.7 Å². The van der Waals surface area contributed by atoms with Crippen molar-refractivity contribution in [3.8, 4) is 5.75 Å². The van der Waals surface area contributed by atoms with E-state index in [1.807, 2.05) is 0 Å². The largest absolute Gasteiger partial charge is 0.496 e.